The minimum atomic E-state index is -0.382. The minimum absolute atomic E-state index is 0.382. The highest BCUT2D eigenvalue weighted by molar-refractivity contribution is 5.91. The number of benzene rings is 1. The van der Waals surface area contributed by atoms with Crippen LogP contribution in [0.5, 0.6) is 0 Å². The SMILES string of the molecule is CN(C)C[C@H]1CCCC/C1=N\OC(=O)c1ccccc1. The molecule has 1 aliphatic carbocycles. The van der Waals surface area contributed by atoms with Gasteiger partial charge in [0.25, 0.3) is 0 Å². The fourth-order valence-electron chi connectivity index (χ4n) is 2.55. The van der Waals surface area contributed by atoms with Crippen LogP contribution in [-0.2, 0) is 4.84 Å². The maximum atomic E-state index is 11.9. The molecule has 0 spiro atoms. The van der Waals surface area contributed by atoms with Crippen LogP contribution in [0.3, 0.4) is 0 Å². The first-order valence-electron chi connectivity index (χ1n) is 7.14. The van der Waals surface area contributed by atoms with Gasteiger partial charge in [-0.15, -0.1) is 0 Å². The third-order valence-electron chi connectivity index (χ3n) is 3.55. The Morgan fingerprint density at radius 1 is 1.30 bits per heavy atom. The van der Waals surface area contributed by atoms with Crippen molar-refractivity contribution in [1.29, 1.82) is 0 Å². The van der Waals surface area contributed by atoms with Crippen molar-refractivity contribution < 1.29 is 9.63 Å². The Balaban J connectivity index is 1.99. The average molecular weight is 274 g/mol. The van der Waals surface area contributed by atoms with Gasteiger partial charge in [0.1, 0.15) is 0 Å². The van der Waals surface area contributed by atoms with Crippen LogP contribution in [0, 0.1) is 5.92 Å². The molecule has 0 aromatic heterocycles. The predicted molar refractivity (Wildman–Crippen MR) is 79.8 cm³/mol. The number of nitrogens with zero attached hydrogens (tertiary/aromatic N) is 2. The number of rotatable bonds is 4. The summed E-state index contributed by atoms with van der Waals surface area (Å²) in [6.45, 7) is 0.960. The molecule has 1 aromatic rings. The zero-order valence-corrected chi connectivity index (χ0v) is 12.2. The Bertz CT molecular complexity index is 469. The number of carbonyl (C=O) groups excluding carboxylic acids is 1. The molecule has 0 amide bonds. The molecule has 0 aliphatic heterocycles. The molecule has 0 saturated heterocycles. The second-order valence-corrected chi connectivity index (χ2v) is 5.53. The Labute approximate surface area is 120 Å². The fourth-order valence-corrected chi connectivity index (χ4v) is 2.55. The first-order valence-corrected chi connectivity index (χ1v) is 7.14. The lowest BCUT2D eigenvalue weighted by atomic mass is 9.87. The van der Waals surface area contributed by atoms with Gasteiger partial charge in [0.05, 0.1) is 11.3 Å². The Hall–Kier alpha value is -1.68. The topological polar surface area (TPSA) is 41.9 Å². The van der Waals surface area contributed by atoms with E-state index in [1.807, 2.05) is 18.2 Å². The third kappa shape index (κ3) is 4.17. The molecule has 108 valence electrons. The van der Waals surface area contributed by atoms with Gasteiger partial charge in [0.15, 0.2) is 0 Å². The summed E-state index contributed by atoms with van der Waals surface area (Å²) in [5.74, 6) is 0.0228. The Morgan fingerprint density at radius 2 is 2.05 bits per heavy atom. The highest BCUT2D eigenvalue weighted by atomic mass is 16.7. The Morgan fingerprint density at radius 3 is 2.75 bits per heavy atom. The zero-order chi connectivity index (χ0) is 14.4. The van der Waals surface area contributed by atoms with Gasteiger partial charge in [-0.25, -0.2) is 4.79 Å². The molecule has 2 rings (SSSR count). The minimum Gasteiger partial charge on any atom is -0.313 e. The van der Waals surface area contributed by atoms with Crippen LogP contribution >= 0.6 is 0 Å². The normalized spacial score (nSPS) is 21.1. The maximum Gasteiger partial charge on any atom is 0.365 e. The molecular formula is C16H22N2O2. The van der Waals surface area contributed by atoms with Crippen molar-refractivity contribution in [2.24, 2.45) is 11.1 Å². The van der Waals surface area contributed by atoms with Crippen LogP contribution in [0.1, 0.15) is 36.0 Å². The fraction of sp³-hybridized carbons (Fsp3) is 0.500. The van der Waals surface area contributed by atoms with Gasteiger partial charge < -0.3 is 9.74 Å². The lowest BCUT2D eigenvalue weighted by Gasteiger charge is -2.25. The molecule has 1 aliphatic rings. The second kappa shape index (κ2) is 7.20. The van der Waals surface area contributed by atoms with Crippen molar-refractivity contribution in [3.63, 3.8) is 0 Å². The summed E-state index contributed by atoms with van der Waals surface area (Å²) in [6, 6.07) is 8.98. The lowest BCUT2D eigenvalue weighted by molar-refractivity contribution is 0.0511. The standard InChI is InChI=1S/C16H22N2O2/c1-18(2)12-14-10-6-7-11-15(14)17-20-16(19)13-8-4-3-5-9-13/h3-5,8-9,14H,6-7,10-12H2,1-2H3/b17-15+/t14-/m1/s1. The highest BCUT2D eigenvalue weighted by Gasteiger charge is 2.22. The summed E-state index contributed by atoms with van der Waals surface area (Å²) < 4.78 is 0. The van der Waals surface area contributed by atoms with Gasteiger partial charge in [0.2, 0.25) is 0 Å². The van der Waals surface area contributed by atoms with E-state index in [2.05, 4.69) is 24.2 Å². The molecule has 0 unspecified atom stereocenters. The van der Waals surface area contributed by atoms with Crippen molar-refractivity contribution in [1.82, 2.24) is 4.90 Å². The lowest BCUT2D eigenvalue weighted by Crippen LogP contribution is -2.30. The molecule has 1 aromatic carbocycles. The zero-order valence-electron chi connectivity index (χ0n) is 12.2. The van der Waals surface area contributed by atoms with Crippen molar-refractivity contribution in [3.8, 4) is 0 Å². The smallest absolute Gasteiger partial charge is 0.313 e. The first kappa shape index (κ1) is 14.7. The summed E-state index contributed by atoms with van der Waals surface area (Å²) in [5.41, 5.74) is 1.56. The van der Waals surface area contributed by atoms with E-state index in [9.17, 15) is 4.79 Å². The summed E-state index contributed by atoms with van der Waals surface area (Å²) in [7, 11) is 4.12. The van der Waals surface area contributed by atoms with E-state index in [-0.39, 0.29) is 5.97 Å². The van der Waals surface area contributed by atoms with Crippen LogP contribution in [0.25, 0.3) is 0 Å². The highest BCUT2D eigenvalue weighted by Crippen LogP contribution is 2.22. The van der Waals surface area contributed by atoms with E-state index in [1.54, 1.807) is 12.1 Å². The molecule has 1 saturated carbocycles. The summed E-state index contributed by atoms with van der Waals surface area (Å²) in [6.07, 6.45) is 4.41. The molecule has 20 heavy (non-hydrogen) atoms. The quantitative estimate of drug-likeness (QED) is 0.626. The van der Waals surface area contributed by atoms with E-state index in [0.717, 1.165) is 31.5 Å². The molecule has 0 N–H and O–H groups in total. The van der Waals surface area contributed by atoms with E-state index >= 15 is 0 Å². The van der Waals surface area contributed by atoms with Crippen LogP contribution in [0.2, 0.25) is 0 Å². The molecule has 1 atom stereocenters. The molecule has 4 nitrogen and oxygen atoms in total. The largest absolute Gasteiger partial charge is 0.365 e. The molecule has 0 radical (unpaired) electrons. The summed E-state index contributed by atoms with van der Waals surface area (Å²) in [5, 5.41) is 4.13. The summed E-state index contributed by atoms with van der Waals surface area (Å²) >= 11 is 0. The van der Waals surface area contributed by atoms with Crippen molar-refractivity contribution >= 4 is 11.7 Å². The van der Waals surface area contributed by atoms with Gasteiger partial charge in [-0.2, -0.15) is 0 Å². The maximum absolute atomic E-state index is 11.9. The number of hydrogen-bond donors (Lipinski definition) is 0. The predicted octanol–water partition coefficient (Wildman–Crippen LogP) is 2.95. The van der Waals surface area contributed by atoms with Gasteiger partial charge in [-0.1, -0.05) is 29.8 Å². The molecular weight excluding hydrogens is 252 g/mol. The monoisotopic (exact) mass is 274 g/mol. The number of hydrogen-bond acceptors (Lipinski definition) is 4. The molecule has 0 heterocycles. The Kier molecular flexibility index (Phi) is 5.30. The van der Waals surface area contributed by atoms with Gasteiger partial charge in [-0.05, 0) is 45.5 Å². The van der Waals surface area contributed by atoms with Crippen LogP contribution < -0.4 is 0 Å². The van der Waals surface area contributed by atoms with E-state index in [4.69, 9.17) is 4.84 Å². The second-order valence-electron chi connectivity index (χ2n) is 5.53. The number of carbonyl (C=O) groups is 1. The van der Waals surface area contributed by atoms with E-state index < -0.39 is 0 Å². The summed E-state index contributed by atoms with van der Waals surface area (Å²) in [4.78, 5) is 19.1. The van der Waals surface area contributed by atoms with Crippen molar-refractivity contribution in [3.05, 3.63) is 35.9 Å². The van der Waals surface area contributed by atoms with Crippen LogP contribution in [0.4, 0.5) is 0 Å². The third-order valence-corrected chi connectivity index (χ3v) is 3.55. The van der Waals surface area contributed by atoms with E-state index in [0.29, 0.717) is 11.5 Å². The first-order chi connectivity index (χ1) is 9.66. The van der Waals surface area contributed by atoms with Crippen molar-refractivity contribution in [2.75, 3.05) is 20.6 Å². The van der Waals surface area contributed by atoms with Gasteiger partial charge in [-0.3, -0.25) is 0 Å². The van der Waals surface area contributed by atoms with Gasteiger partial charge >= 0.3 is 5.97 Å². The van der Waals surface area contributed by atoms with Crippen LogP contribution in [0.15, 0.2) is 35.5 Å². The average Bonchev–Trinajstić information content (AvgIpc) is 2.46. The number of oxime groups is 1. The molecule has 4 heteroatoms. The molecule has 1 fully saturated rings. The van der Waals surface area contributed by atoms with Crippen LogP contribution in [-0.4, -0.2) is 37.2 Å². The van der Waals surface area contributed by atoms with Gasteiger partial charge in [0, 0.05) is 12.5 Å². The molecule has 0 bridgehead atoms. The van der Waals surface area contributed by atoms with E-state index in [1.165, 1.54) is 6.42 Å². The van der Waals surface area contributed by atoms with Crippen molar-refractivity contribution in [2.45, 2.75) is 25.7 Å².